The highest BCUT2D eigenvalue weighted by atomic mass is 19.4. The first kappa shape index (κ1) is 38.9. The second-order valence-corrected chi connectivity index (χ2v) is 12.4. The lowest BCUT2D eigenvalue weighted by atomic mass is 9.88. The molecular weight excluding hydrogens is 726 g/mol. The summed E-state index contributed by atoms with van der Waals surface area (Å²) in [5, 5.41) is 24.7. The van der Waals surface area contributed by atoms with E-state index in [4.69, 9.17) is 9.84 Å². The van der Waals surface area contributed by atoms with Gasteiger partial charge in [-0.05, 0) is 56.0 Å². The molecule has 2 aromatic carbocycles. The molecule has 3 N–H and O–H groups in total. The summed E-state index contributed by atoms with van der Waals surface area (Å²) in [5.41, 5.74) is -7.17. The molecule has 0 radical (unpaired) electrons. The molecule has 53 heavy (non-hydrogen) atoms. The van der Waals surface area contributed by atoms with E-state index in [2.05, 4.69) is 15.3 Å². The van der Waals surface area contributed by atoms with Gasteiger partial charge in [-0.3, -0.25) is 19.4 Å². The summed E-state index contributed by atoms with van der Waals surface area (Å²) in [6, 6.07) is 4.36. The molecule has 2 heterocycles. The number of aliphatic hydroxyl groups is 1. The number of amides is 2. The number of nitrogens with one attached hydrogen (secondary N) is 1. The molecule has 0 unspecified atom stereocenters. The Morgan fingerprint density at radius 2 is 1.66 bits per heavy atom. The van der Waals surface area contributed by atoms with Gasteiger partial charge in [-0.25, -0.2) is 19.4 Å². The fourth-order valence-corrected chi connectivity index (χ4v) is 6.30. The second-order valence-electron chi connectivity index (χ2n) is 12.4. The number of carboxylic acid groups (broad SMARTS) is 1. The molecule has 0 atom stereocenters. The Hall–Kier alpha value is -5.33. The van der Waals surface area contributed by atoms with Crippen LogP contribution in [0.3, 0.4) is 0 Å². The van der Waals surface area contributed by atoms with Crippen molar-refractivity contribution in [2.24, 2.45) is 0 Å². The quantitative estimate of drug-likeness (QED) is 0.107. The van der Waals surface area contributed by atoms with Crippen LogP contribution in [-0.2, 0) is 33.3 Å². The van der Waals surface area contributed by atoms with Crippen LogP contribution in [0.1, 0.15) is 61.8 Å². The molecule has 284 valence electrons. The standard InChI is InChI=1S/C34H31F8N5O6/c1-46-32(11-3-4-12-32)29(50)26(31(52)47(46)16-18-7-10-23(28(36)27(18)35)53-13-5-2-6-25(48)49)30(51)45-21-9-8-19(33(37,38)39)14-20(21)22-15-24(34(40,41)42)44-17-43-22/h7-10,14-15,17,50H,2-6,11-13,16H2,1H3,(H,45,51)(H,48,49). The molecule has 2 aliphatic rings. The fourth-order valence-electron chi connectivity index (χ4n) is 6.30. The molecule has 3 aromatic rings. The maximum atomic E-state index is 15.4. The zero-order chi connectivity index (χ0) is 38.9. The Morgan fingerprint density at radius 3 is 2.30 bits per heavy atom. The van der Waals surface area contributed by atoms with Gasteiger partial charge in [-0.2, -0.15) is 30.7 Å². The van der Waals surface area contributed by atoms with Crippen LogP contribution in [0.2, 0.25) is 0 Å². The SMILES string of the molecule is CN1N(Cc2ccc(OCCCCC(=O)O)c(F)c2F)C(=O)C(C(=O)Nc2ccc(C(F)(F)F)cc2-c2cc(C(F)(F)F)ncn2)=C(O)C12CCCC2. The van der Waals surface area contributed by atoms with Gasteiger partial charge in [0.15, 0.2) is 11.6 Å². The highest BCUT2D eigenvalue weighted by Crippen LogP contribution is 2.45. The van der Waals surface area contributed by atoms with E-state index in [0.29, 0.717) is 37.4 Å². The van der Waals surface area contributed by atoms with Crippen LogP contribution < -0.4 is 10.1 Å². The number of anilines is 1. The van der Waals surface area contributed by atoms with Crippen molar-refractivity contribution in [1.82, 2.24) is 20.0 Å². The molecule has 1 saturated carbocycles. The number of aliphatic carboxylic acids is 1. The van der Waals surface area contributed by atoms with Gasteiger partial charge in [-0.1, -0.05) is 18.9 Å². The Bertz CT molecular complexity index is 1950. The zero-order valence-electron chi connectivity index (χ0n) is 27.7. The minimum atomic E-state index is -5.00. The summed E-state index contributed by atoms with van der Waals surface area (Å²) >= 11 is 0. The van der Waals surface area contributed by atoms with Crippen molar-refractivity contribution in [3.63, 3.8) is 0 Å². The number of aliphatic hydroxyl groups excluding tert-OH is 1. The van der Waals surface area contributed by atoms with Gasteiger partial charge in [0.2, 0.25) is 5.82 Å². The number of likely N-dealkylation sites (N-methyl/N-ethyl adjacent to an activating group) is 1. The van der Waals surface area contributed by atoms with Crippen molar-refractivity contribution in [3.05, 3.63) is 82.5 Å². The molecule has 1 aliphatic heterocycles. The number of alkyl halides is 6. The first-order valence-electron chi connectivity index (χ1n) is 16.1. The Labute approximate surface area is 295 Å². The topological polar surface area (TPSA) is 145 Å². The predicted molar refractivity (Wildman–Crippen MR) is 169 cm³/mol. The zero-order valence-corrected chi connectivity index (χ0v) is 27.7. The molecule has 1 spiro atoms. The van der Waals surface area contributed by atoms with Gasteiger partial charge < -0.3 is 20.3 Å². The molecule has 1 aromatic heterocycles. The number of hydrazine groups is 1. The number of aromatic nitrogens is 2. The Morgan fingerprint density at radius 1 is 0.962 bits per heavy atom. The fraction of sp³-hybridized carbons (Fsp3) is 0.382. The van der Waals surface area contributed by atoms with Crippen molar-refractivity contribution in [2.45, 2.75) is 69.4 Å². The summed E-state index contributed by atoms with van der Waals surface area (Å²) in [5.74, 6) is -7.52. The number of carboxylic acids is 1. The number of nitrogens with zero attached hydrogens (tertiary/aromatic N) is 4. The lowest BCUT2D eigenvalue weighted by Crippen LogP contribution is -2.62. The van der Waals surface area contributed by atoms with Crippen molar-refractivity contribution in [3.8, 4) is 17.0 Å². The van der Waals surface area contributed by atoms with Crippen LogP contribution in [0.15, 0.2) is 54.1 Å². The van der Waals surface area contributed by atoms with Gasteiger partial charge in [0, 0.05) is 24.6 Å². The van der Waals surface area contributed by atoms with Crippen LogP contribution in [0.4, 0.5) is 40.8 Å². The third kappa shape index (κ3) is 8.03. The first-order valence-corrected chi connectivity index (χ1v) is 16.1. The largest absolute Gasteiger partial charge is 0.509 e. The number of halogens is 8. The van der Waals surface area contributed by atoms with Crippen molar-refractivity contribution >= 4 is 23.5 Å². The molecule has 0 bridgehead atoms. The average Bonchev–Trinajstić information content (AvgIpc) is 3.59. The first-order chi connectivity index (χ1) is 24.8. The second kappa shape index (κ2) is 15.0. The van der Waals surface area contributed by atoms with E-state index in [1.54, 1.807) is 0 Å². The van der Waals surface area contributed by atoms with Gasteiger partial charge in [0.1, 0.15) is 23.4 Å². The van der Waals surface area contributed by atoms with Crippen molar-refractivity contribution in [2.75, 3.05) is 19.0 Å². The number of ether oxygens (including phenoxy) is 1. The van der Waals surface area contributed by atoms with E-state index in [-0.39, 0.29) is 44.3 Å². The van der Waals surface area contributed by atoms with E-state index in [9.17, 15) is 45.8 Å². The Kier molecular flexibility index (Phi) is 11.0. The highest BCUT2D eigenvalue weighted by molar-refractivity contribution is 6.24. The molecule has 5 rings (SSSR count). The van der Waals surface area contributed by atoms with E-state index < -0.39 is 99.1 Å². The van der Waals surface area contributed by atoms with Gasteiger partial charge in [-0.15, -0.1) is 0 Å². The third-order valence-electron chi connectivity index (χ3n) is 9.08. The minimum Gasteiger partial charge on any atom is -0.509 e. The number of hydrogen-bond acceptors (Lipinski definition) is 8. The van der Waals surface area contributed by atoms with E-state index >= 15 is 8.78 Å². The van der Waals surface area contributed by atoms with E-state index in [1.165, 1.54) is 12.1 Å². The molecule has 2 amide bonds. The number of hydrogen-bond donors (Lipinski definition) is 3. The lowest BCUT2D eigenvalue weighted by Gasteiger charge is -2.48. The van der Waals surface area contributed by atoms with Crippen LogP contribution in [0.25, 0.3) is 11.3 Å². The molecular formula is C34H31F8N5O6. The van der Waals surface area contributed by atoms with E-state index in [1.807, 2.05) is 0 Å². The summed E-state index contributed by atoms with van der Waals surface area (Å²) in [6.45, 7) is -0.766. The predicted octanol–water partition coefficient (Wildman–Crippen LogP) is 7.05. The summed E-state index contributed by atoms with van der Waals surface area (Å²) < 4.78 is 117. The Balaban J connectivity index is 1.48. The molecule has 1 fully saturated rings. The summed E-state index contributed by atoms with van der Waals surface area (Å²) in [7, 11) is 1.40. The number of unbranched alkanes of at least 4 members (excludes halogenated alkanes) is 1. The van der Waals surface area contributed by atoms with Crippen LogP contribution in [-0.4, -0.2) is 67.2 Å². The third-order valence-corrected chi connectivity index (χ3v) is 9.08. The molecule has 1 aliphatic carbocycles. The monoisotopic (exact) mass is 757 g/mol. The molecule has 11 nitrogen and oxygen atoms in total. The van der Waals surface area contributed by atoms with Crippen LogP contribution >= 0.6 is 0 Å². The maximum absolute atomic E-state index is 15.4. The van der Waals surface area contributed by atoms with Crippen LogP contribution in [0, 0.1) is 11.6 Å². The number of carbonyl (C=O) groups excluding carboxylic acids is 2. The number of benzene rings is 2. The number of rotatable bonds is 11. The highest BCUT2D eigenvalue weighted by Gasteiger charge is 2.53. The van der Waals surface area contributed by atoms with E-state index in [0.717, 1.165) is 23.2 Å². The van der Waals surface area contributed by atoms with Crippen LogP contribution in [0.5, 0.6) is 5.75 Å². The van der Waals surface area contributed by atoms with Gasteiger partial charge in [0.05, 0.1) is 35.6 Å². The normalized spacial score (nSPS) is 16.4. The van der Waals surface area contributed by atoms with Crippen molar-refractivity contribution in [1.29, 1.82) is 0 Å². The lowest BCUT2D eigenvalue weighted by molar-refractivity contribution is -0.163. The minimum absolute atomic E-state index is 0.108. The van der Waals surface area contributed by atoms with Gasteiger partial charge >= 0.3 is 18.3 Å². The number of carbonyl (C=O) groups is 3. The maximum Gasteiger partial charge on any atom is 0.433 e. The van der Waals surface area contributed by atoms with Crippen molar-refractivity contribution < 1.29 is 64.5 Å². The van der Waals surface area contributed by atoms with Gasteiger partial charge in [0.25, 0.3) is 11.8 Å². The summed E-state index contributed by atoms with van der Waals surface area (Å²) in [6.07, 6.45) is -7.71. The molecule has 19 heteroatoms. The average molecular weight is 758 g/mol. The smallest absolute Gasteiger partial charge is 0.433 e. The summed E-state index contributed by atoms with van der Waals surface area (Å²) in [4.78, 5) is 45.3. The molecule has 0 saturated heterocycles.